The summed E-state index contributed by atoms with van der Waals surface area (Å²) in [6, 6.07) is 7.22. The molecule has 7 heteroatoms. The fourth-order valence-corrected chi connectivity index (χ4v) is 3.24. The summed E-state index contributed by atoms with van der Waals surface area (Å²) in [5, 5.41) is 7.88. The summed E-state index contributed by atoms with van der Waals surface area (Å²) in [7, 11) is 1.63. The molecular formula is C19H24ClN3O3. The fraction of sp³-hybridized carbons (Fsp3) is 0.474. The maximum Gasteiger partial charge on any atom is 0.261 e. The highest BCUT2D eigenvalue weighted by molar-refractivity contribution is 6.30. The minimum Gasteiger partial charge on any atom is -0.383 e. The molecule has 2 heterocycles. The van der Waals surface area contributed by atoms with E-state index in [1.165, 1.54) is 0 Å². The Hall–Kier alpha value is -2.05. The number of halogens is 1. The summed E-state index contributed by atoms with van der Waals surface area (Å²) in [5.74, 6) is 0.884. The number of nitrogens with zero attached hydrogens (tertiary/aromatic N) is 2. The Bertz CT molecular complexity index is 722. The van der Waals surface area contributed by atoms with Gasteiger partial charge in [0.05, 0.1) is 6.61 Å². The smallest absolute Gasteiger partial charge is 0.261 e. The van der Waals surface area contributed by atoms with Crippen LogP contribution in [0.25, 0.3) is 11.3 Å². The van der Waals surface area contributed by atoms with Gasteiger partial charge in [-0.25, -0.2) is 0 Å². The van der Waals surface area contributed by atoms with E-state index in [4.69, 9.17) is 20.9 Å². The molecule has 0 radical (unpaired) electrons. The van der Waals surface area contributed by atoms with Gasteiger partial charge in [0.2, 0.25) is 0 Å². The van der Waals surface area contributed by atoms with Gasteiger partial charge in [0.25, 0.3) is 5.91 Å². The number of methoxy groups -OCH3 is 1. The Morgan fingerprint density at radius 1 is 1.23 bits per heavy atom. The fourth-order valence-electron chi connectivity index (χ4n) is 3.11. The highest BCUT2D eigenvalue weighted by Gasteiger charge is 2.28. The Morgan fingerprint density at radius 2 is 1.92 bits per heavy atom. The SMILES string of the molecule is COCCNc1noc(-c2ccc(Cl)cc2)c1C(=O)N1CCCCCC1. The molecule has 1 aliphatic rings. The van der Waals surface area contributed by atoms with Gasteiger partial charge in [-0.3, -0.25) is 4.79 Å². The zero-order chi connectivity index (χ0) is 18.4. The third-order valence-corrected chi connectivity index (χ3v) is 4.76. The first-order chi connectivity index (χ1) is 12.7. The number of carbonyl (C=O) groups excluding carboxylic acids is 1. The van der Waals surface area contributed by atoms with Crippen LogP contribution < -0.4 is 5.32 Å². The molecule has 26 heavy (non-hydrogen) atoms. The number of aromatic nitrogens is 1. The van der Waals surface area contributed by atoms with Gasteiger partial charge in [0, 0.05) is 37.3 Å². The first-order valence-corrected chi connectivity index (χ1v) is 9.36. The number of hydrogen-bond donors (Lipinski definition) is 1. The summed E-state index contributed by atoms with van der Waals surface area (Å²) in [4.78, 5) is 15.2. The van der Waals surface area contributed by atoms with Gasteiger partial charge >= 0.3 is 0 Å². The van der Waals surface area contributed by atoms with Crippen molar-refractivity contribution >= 4 is 23.3 Å². The van der Waals surface area contributed by atoms with E-state index in [1.54, 1.807) is 19.2 Å². The van der Waals surface area contributed by atoms with Crippen molar-refractivity contribution in [2.75, 3.05) is 38.7 Å². The van der Waals surface area contributed by atoms with Gasteiger partial charge in [0.1, 0.15) is 5.56 Å². The molecule has 1 aromatic heterocycles. The van der Waals surface area contributed by atoms with Crippen molar-refractivity contribution < 1.29 is 14.1 Å². The average Bonchev–Trinajstić information content (AvgIpc) is 2.88. The van der Waals surface area contributed by atoms with Gasteiger partial charge in [-0.1, -0.05) is 29.6 Å². The Morgan fingerprint density at radius 3 is 2.58 bits per heavy atom. The number of carbonyl (C=O) groups is 1. The van der Waals surface area contributed by atoms with Crippen LogP contribution in [-0.4, -0.2) is 49.3 Å². The van der Waals surface area contributed by atoms with E-state index >= 15 is 0 Å². The highest BCUT2D eigenvalue weighted by Crippen LogP contribution is 2.31. The van der Waals surface area contributed by atoms with Gasteiger partial charge in [-0.15, -0.1) is 0 Å². The zero-order valence-corrected chi connectivity index (χ0v) is 15.7. The molecular weight excluding hydrogens is 354 g/mol. The second-order valence-electron chi connectivity index (χ2n) is 6.37. The summed E-state index contributed by atoms with van der Waals surface area (Å²) < 4.78 is 10.6. The molecule has 1 aromatic carbocycles. The Labute approximate surface area is 158 Å². The predicted molar refractivity (Wildman–Crippen MR) is 102 cm³/mol. The lowest BCUT2D eigenvalue weighted by Gasteiger charge is -2.20. The van der Waals surface area contributed by atoms with E-state index in [0.29, 0.717) is 35.3 Å². The summed E-state index contributed by atoms with van der Waals surface area (Å²) >= 11 is 5.98. The summed E-state index contributed by atoms with van der Waals surface area (Å²) in [6.45, 7) is 2.59. The molecule has 140 valence electrons. The van der Waals surface area contributed by atoms with Crippen molar-refractivity contribution in [2.45, 2.75) is 25.7 Å². The molecule has 1 aliphatic heterocycles. The molecule has 1 N–H and O–H groups in total. The third kappa shape index (κ3) is 4.37. The van der Waals surface area contributed by atoms with Crippen LogP contribution >= 0.6 is 11.6 Å². The quantitative estimate of drug-likeness (QED) is 0.768. The van der Waals surface area contributed by atoms with Crippen LogP contribution in [-0.2, 0) is 4.74 Å². The van der Waals surface area contributed by atoms with E-state index in [2.05, 4.69) is 10.5 Å². The van der Waals surface area contributed by atoms with Gasteiger partial charge in [-0.05, 0) is 37.1 Å². The van der Waals surface area contributed by atoms with Crippen LogP contribution in [0.5, 0.6) is 0 Å². The highest BCUT2D eigenvalue weighted by atomic mass is 35.5. The minimum absolute atomic E-state index is 0.0435. The average molecular weight is 378 g/mol. The topological polar surface area (TPSA) is 67.6 Å². The molecule has 0 aliphatic carbocycles. The lowest BCUT2D eigenvalue weighted by molar-refractivity contribution is 0.0762. The maximum atomic E-state index is 13.3. The summed E-state index contributed by atoms with van der Waals surface area (Å²) in [6.07, 6.45) is 4.38. The van der Waals surface area contributed by atoms with Gasteiger partial charge in [-0.2, -0.15) is 0 Å². The lowest BCUT2D eigenvalue weighted by atomic mass is 10.1. The van der Waals surface area contributed by atoms with E-state index in [0.717, 1.165) is 44.3 Å². The molecule has 0 unspecified atom stereocenters. The zero-order valence-electron chi connectivity index (χ0n) is 15.0. The largest absolute Gasteiger partial charge is 0.383 e. The van der Waals surface area contributed by atoms with Gasteiger partial charge < -0.3 is 19.5 Å². The maximum absolute atomic E-state index is 13.3. The van der Waals surface area contributed by atoms with Crippen molar-refractivity contribution in [1.29, 1.82) is 0 Å². The molecule has 0 bridgehead atoms. The second kappa shape index (κ2) is 9.05. The number of anilines is 1. The normalized spacial score (nSPS) is 14.9. The molecule has 1 fully saturated rings. The number of ether oxygens (including phenoxy) is 1. The first-order valence-electron chi connectivity index (χ1n) is 8.98. The Balaban J connectivity index is 1.93. The molecule has 2 aromatic rings. The van der Waals surface area contributed by atoms with E-state index < -0.39 is 0 Å². The molecule has 1 saturated heterocycles. The van der Waals surface area contributed by atoms with Crippen molar-refractivity contribution in [1.82, 2.24) is 10.1 Å². The molecule has 3 rings (SSSR count). The van der Waals surface area contributed by atoms with Crippen LogP contribution in [0.15, 0.2) is 28.8 Å². The predicted octanol–water partition coefficient (Wildman–Crippen LogP) is 4.07. The van der Waals surface area contributed by atoms with E-state index in [9.17, 15) is 4.79 Å². The number of hydrogen-bond acceptors (Lipinski definition) is 5. The Kier molecular flexibility index (Phi) is 6.52. The number of rotatable bonds is 6. The third-order valence-electron chi connectivity index (χ3n) is 4.50. The number of amides is 1. The number of nitrogens with one attached hydrogen (secondary N) is 1. The van der Waals surface area contributed by atoms with Crippen LogP contribution in [0, 0.1) is 0 Å². The second-order valence-corrected chi connectivity index (χ2v) is 6.80. The van der Waals surface area contributed by atoms with Crippen LogP contribution in [0.4, 0.5) is 5.82 Å². The number of benzene rings is 1. The van der Waals surface area contributed by atoms with Crippen molar-refractivity contribution in [3.05, 3.63) is 34.9 Å². The summed E-state index contributed by atoms with van der Waals surface area (Å²) in [5.41, 5.74) is 1.25. The molecule has 6 nitrogen and oxygen atoms in total. The van der Waals surface area contributed by atoms with E-state index in [1.807, 2.05) is 17.0 Å². The number of likely N-dealkylation sites (tertiary alicyclic amines) is 1. The van der Waals surface area contributed by atoms with Crippen LogP contribution in [0.3, 0.4) is 0 Å². The molecule has 0 saturated carbocycles. The van der Waals surface area contributed by atoms with Crippen molar-refractivity contribution in [3.63, 3.8) is 0 Å². The van der Waals surface area contributed by atoms with Crippen molar-refractivity contribution in [2.24, 2.45) is 0 Å². The van der Waals surface area contributed by atoms with Gasteiger partial charge in [0.15, 0.2) is 11.6 Å². The monoisotopic (exact) mass is 377 g/mol. The lowest BCUT2D eigenvalue weighted by Crippen LogP contribution is -2.32. The molecule has 1 amide bonds. The first kappa shape index (κ1) is 18.7. The van der Waals surface area contributed by atoms with Crippen molar-refractivity contribution in [3.8, 4) is 11.3 Å². The molecule has 0 atom stereocenters. The van der Waals surface area contributed by atoms with Crippen LogP contribution in [0.1, 0.15) is 36.0 Å². The molecule has 0 spiro atoms. The minimum atomic E-state index is -0.0435. The standard InChI is InChI=1S/C19H24ClN3O3/c1-25-13-10-21-18-16(19(24)23-11-4-2-3-5-12-23)17(26-22-18)14-6-8-15(20)9-7-14/h6-9H,2-5,10-13H2,1H3,(H,21,22). The van der Waals surface area contributed by atoms with Crippen LogP contribution in [0.2, 0.25) is 5.02 Å². The van der Waals surface area contributed by atoms with E-state index in [-0.39, 0.29) is 5.91 Å².